The van der Waals surface area contributed by atoms with Crippen molar-refractivity contribution in [1.29, 1.82) is 0 Å². The molecule has 3 saturated heterocycles. The van der Waals surface area contributed by atoms with Gasteiger partial charge in [0.05, 0.1) is 40.8 Å². The Hall–Kier alpha value is -3.27. The molecule has 0 bridgehead atoms. The zero-order chi connectivity index (χ0) is 27.1. The summed E-state index contributed by atoms with van der Waals surface area (Å²) in [7, 11) is -2.74. The van der Waals surface area contributed by atoms with Gasteiger partial charge < -0.3 is 19.1 Å². The molecule has 0 unspecified atom stereocenters. The summed E-state index contributed by atoms with van der Waals surface area (Å²) in [5.41, 5.74) is -1.81. The lowest BCUT2D eigenvalue weighted by molar-refractivity contribution is -0.153. The van der Waals surface area contributed by atoms with E-state index in [4.69, 9.17) is 9.26 Å². The molecule has 13 nitrogen and oxygen atoms in total. The molecule has 38 heavy (non-hydrogen) atoms. The van der Waals surface area contributed by atoms with E-state index >= 15 is 4.39 Å². The maximum Gasteiger partial charge on any atom is 0.328 e. The number of fused-ring (bicyclic) bond motifs is 5. The second-order valence-corrected chi connectivity index (χ2v) is 12.7. The molecule has 4 N–H and O–H groups in total. The van der Waals surface area contributed by atoms with Gasteiger partial charge in [0.2, 0.25) is 17.4 Å². The molecule has 1 spiro atoms. The average molecular weight is 552 g/mol. The van der Waals surface area contributed by atoms with Gasteiger partial charge in [-0.3, -0.25) is 34.1 Å². The number of urea groups is 1. The predicted octanol–water partition coefficient (Wildman–Crippen LogP) is 1.06. The van der Waals surface area contributed by atoms with E-state index in [1.165, 1.54) is 11.0 Å². The van der Waals surface area contributed by atoms with Crippen molar-refractivity contribution in [3.05, 3.63) is 23.1 Å². The highest BCUT2D eigenvalue weighted by atomic mass is 32.3. The van der Waals surface area contributed by atoms with Crippen LogP contribution < -0.4 is 15.5 Å². The van der Waals surface area contributed by atoms with Gasteiger partial charge in [0.15, 0.2) is 16.9 Å². The summed E-state index contributed by atoms with van der Waals surface area (Å²) in [6.45, 7) is 3.80. The van der Waals surface area contributed by atoms with Gasteiger partial charge in [0.1, 0.15) is 0 Å². The normalized spacial score (nSPS) is 29.0. The minimum atomic E-state index is -2.74. The maximum atomic E-state index is 16.1. The van der Waals surface area contributed by atoms with Gasteiger partial charge in [-0.05, 0) is 25.5 Å². The van der Waals surface area contributed by atoms with Gasteiger partial charge in [-0.25, -0.2) is 9.18 Å². The fourth-order valence-corrected chi connectivity index (χ4v) is 7.41. The van der Waals surface area contributed by atoms with Gasteiger partial charge in [0.25, 0.3) is 5.91 Å². The van der Waals surface area contributed by atoms with E-state index < -0.39 is 57.7 Å². The number of nitrogens with one attached hydrogen (secondary N) is 2. The first-order valence-electron chi connectivity index (χ1n) is 12.2. The highest BCUT2D eigenvalue weighted by Crippen LogP contribution is 2.49. The lowest BCUT2D eigenvalue weighted by Gasteiger charge is -2.55. The van der Waals surface area contributed by atoms with Crippen LogP contribution in [0.25, 0.3) is 11.0 Å². The molecular weight excluding hydrogens is 525 g/mol. The van der Waals surface area contributed by atoms with Crippen LogP contribution in [0.4, 0.5) is 14.9 Å². The smallest absolute Gasteiger partial charge is 0.328 e. The molecule has 15 heteroatoms. The number of rotatable bonds is 1. The van der Waals surface area contributed by atoms with Crippen LogP contribution in [0.1, 0.15) is 29.9 Å². The molecule has 1 aromatic carbocycles. The Morgan fingerprint density at radius 3 is 2.50 bits per heavy atom. The zero-order valence-electron chi connectivity index (χ0n) is 20.5. The van der Waals surface area contributed by atoms with Gasteiger partial charge in [-0.1, -0.05) is 5.16 Å². The van der Waals surface area contributed by atoms with E-state index in [9.17, 15) is 28.3 Å². The summed E-state index contributed by atoms with van der Waals surface area (Å²) in [5.74, 6) is -2.92. The molecule has 3 atom stereocenters. The number of hydrogen-bond acceptors (Lipinski definition) is 10. The van der Waals surface area contributed by atoms with Crippen molar-refractivity contribution in [1.82, 2.24) is 20.7 Å². The molecule has 5 amide bonds. The second kappa shape index (κ2) is 8.36. The van der Waals surface area contributed by atoms with E-state index in [2.05, 4.69) is 15.8 Å². The molecule has 0 radical (unpaired) electrons. The summed E-state index contributed by atoms with van der Waals surface area (Å²) < 4.78 is 47.1. The quantitative estimate of drug-likeness (QED) is 0.375. The summed E-state index contributed by atoms with van der Waals surface area (Å²) in [5, 5.41) is 8.27. The molecule has 0 aliphatic carbocycles. The van der Waals surface area contributed by atoms with Crippen LogP contribution in [0, 0.1) is 11.2 Å². The molecule has 5 heterocycles. The largest absolute Gasteiger partial charge is 0.372 e. The number of imide groups is 2. The minimum absolute atomic E-state index is 0.0263. The summed E-state index contributed by atoms with van der Waals surface area (Å²) in [6.07, 6.45) is -1.30. The van der Waals surface area contributed by atoms with Crippen LogP contribution >= 0.6 is 10.6 Å². The van der Waals surface area contributed by atoms with Gasteiger partial charge in [-0.2, -0.15) is 10.6 Å². The lowest BCUT2D eigenvalue weighted by atomic mass is 9.66. The maximum absolute atomic E-state index is 16.1. The van der Waals surface area contributed by atoms with Crippen molar-refractivity contribution < 1.29 is 41.9 Å². The topological polar surface area (TPSA) is 175 Å². The standard InChI is InChI=1S/C23H26FN5O8S/c1-10-9-29-16-12(8-23(18(29)11(2)36-10)20(31)25-22(33)26-21(23)32)7-13-15(27-37-17(13)14(16)24)19(30)28-3-5-38(34,35)6-4-28/h7,10-11,18,34-35H,3-6,8-9H2,1-2H3,(H2,25,26,31,32,33)/t10-,11+,18-/m0/s1. The van der Waals surface area contributed by atoms with Crippen LogP contribution in [-0.4, -0.2) is 92.3 Å². The first kappa shape index (κ1) is 25.0. The Bertz CT molecular complexity index is 1380. The summed E-state index contributed by atoms with van der Waals surface area (Å²) in [4.78, 5) is 54.8. The van der Waals surface area contributed by atoms with Crippen molar-refractivity contribution in [3.8, 4) is 0 Å². The number of amides is 5. The first-order chi connectivity index (χ1) is 17.9. The number of hydrogen-bond donors (Lipinski definition) is 4. The van der Waals surface area contributed by atoms with Crippen molar-refractivity contribution in [3.63, 3.8) is 0 Å². The van der Waals surface area contributed by atoms with E-state index in [0.717, 1.165) is 0 Å². The third-order valence-corrected chi connectivity index (χ3v) is 9.50. The van der Waals surface area contributed by atoms with Crippen LogP contribution in [0.2, 0.25) is 0 Å². The molecule has 4 aliphatic rings. The van der Waals surface area contributed by atoms with Crippen LogP contribution in [0.5, 0.6) is 0 Å². The minimum Gasteiger partial charge on any atom is -0.372 e. The third kappa shape index (κ3) is 3.52. The highest BCUT2D eigenvalue weighted by molar-refractivity contribution is 8.24. The van der Waals surface area contributed by atoms with Gasteiger partial charge >= 0.3 is 6.03 Å². The fourth-order valence-electron chi connectivity index (χ4n) is 6.18. The van der Waals surface area contributed by atoms with Crippen molar-refractivity contribution in [2.24, 2.45) is 5.41 Å². The van der Waals surface area contributed by atoms with Crippen LogP contribution in [0.15, 0.2) is 10.6 Å². The van der Waals surface area contributed by atoms with Crippen LogP contribution in [0.3, 0.4) is 0 Å². The number of aromatic nitrogens is 1. The van der Waals surface area contributed by atoms with E-state index in [0.29, 0.717) is 0 Å². The number of morpholine rings is 1. The van der Waals surface area contributed by atoms with Gasteiger partial charge in [-0.15, -0.1) is 0 Å². The van der Waals surface area contributed by atoms with Gasteiger partial charge in [0, 0.05) is 26.1 Å². The molecule has 3 fully saturated rings. The molecule has 4 aliphatic heterocycles. The Morgan fingerprint density at radius 1 is 1.18 bits per heavy atom. The predicted molar refractivity (Wildman–Crippen MR) is 131 cm³/mol. The monoisotopic (exact) mass is 551 g/mol. The summed E-state index contributed by atoms with van der Waals surface area (Å²) in [6, 6.07) is -0.370. The van der Waals surface area contributed by atoms with Crippen molar-refractivity contribution in [2.75, 3.05) is 36.0 Å². The Labute approximate surface area is 217 Å². The van der Waals surface area contributed by atoms with E-state index in [-0.39, 0.29) is 71.6 Å². The molecule has 6 rings (SSSR count). The second-order valence-electron chi connectivity index (χ2n) is 10.2. The third-order valence-electron chi connectivity index (χ3n) is 7.83. The average Bonchev–Trinajstić information content (AvgIpc) is 3.25. The summed E-state index contributed by atoms with van der Waals surface area (Å²) >= 11 is 0. The number of carbonyl (C=O) groups is 4. The Morgan fingerprint density at radius 2 is 1.84 bits per heavy atom. The van der Waals surface area contributed by atoms with E-state index in [1.54, 1.807) is 18.7 Å². The lowest BCUT2D eigenvalue weighted by Crippen LogP contribution is -2.75. The van der Waals surface area contributed by atoms with Crippen LogP contribution in [-0.2, 0) is 20.7 Å². The highest BCUT2D eigenvalue weighted by Gasteiger charge is 2.63. The number of carbonyl (C=O) groups excluding carboxylic acids is 4. The number of ether oxygens (including phenoxy) is 1. The molecule has 2 aromatic rings. The number of anilines is 1. The SMILES string of the molecule is C[C@H]1CN2c3c(cc4c(C(=O)N5CCS(O)(O)CC5)noc4c3F)CC3(C(=O)NC(=O)NC3=O)[C@@H]2[C@@H](C)O1. The fraction of sp³-hybridized carbons (Fsp3) is 0.522. The molecule has 204 valence electrons. The van der Waals surface area contributed by atoms with Crippen molar-refractivity contribution in [2.45, 2.75) is 38.5 Å². The van der Waals surface area contributed by atoms with E-state index in [1.807, 2.05) is 0 Å². The number of benzene rings is 1. The number of halogens is 1. The number of nitrogens with zero attached hydrogens (tertiary/aromatic N) is 3. The molecule has 1 aromatic heterocycles. The molecular formula is C23H26FN5O8S. The van der Waals surface area contributed by atoms with Crippen molar-refractivity contribution >= 4 is 51.0 Å². The Balaban J connectivity index is 1.48. The first-order valence-corrected chi connectivity index (χ1v) is 14.0. The Kier molecular flexibility index (Phi) is 5.51. The molecule has 0 saturated carbocycles. The zero-order valence-corrected chi connectivity index (χ0v) is 21.3. The number of barbiturate groups is 1.